The van der Waals surface area contributed by atoms with Gasteiger partial charge >= 0.3 is 0 Å². The molecule has 0 spiro atoms. The van der Waals surface area contributed by atoms with E-state index in [2.05, 4.69) is 13.8 Å². The molecule has 0 aromatic carbocycles. The van der Waals surface area contributed by atoms with Crippen LogP contribution in [0.25, 0.3) is 0 Å². The van der Waals surface area contributed by atoms with Gasteiger partial charge in [0.25, 0.3) is 0 Å². The molecule has 1 radical (unpaired) electrons. The Morgan fingerprint density at radius 1 is 1.16 bits per heavy atom. The Morgan fingerprint density at radius 2 is 1.88 bits per heavy atom. The van der Waals surface area contributed by atoms with E-state index in [0.29, 0.717) is 18.8 Å². The molecule has 0 saturated heterocycles. The molecule has 4 fully saturated rings. The summed E-state index contributed by atoms with van der Waals surface area (Å²) in [5, 5.41) is 21.1. The van der Waals surface area contributed by atoms with Crippen LogP contribution < -0.4 is 0 Å². The first-order valence-electron chi connectivity index (χ1n) is 9.93. The maximum absolute atomic E-state index is 13.3. The zero-order valence-corrected chi connectivity index (χ0v) is 15.5. The van der Waals surface area contributed by atoms with Gasteiger partial charge in [0, 0.05) is 24.7 Å². The number of aliphatic hydroxyl groups is 2. The van der Waals surface area contributed by atoms with Gasteiger partial charge in [0.2, 0.25) is 0 Å². The van der Waals surface area contributed by atoms with Crippen molar-refractivity contribution in [1.29, 1.82) is 0 Å². The van der Waals surface area contributed by atoms with Crippen molar-refractivity contribution in [2.45, 2.75) is 76.9 Å². The first-order valence-corrected chi connectivity index (χ1v) is 9.93. The standard InChI is InChI=1S/C21H31O4/c1-12(22)21(25)9-7-16-15-5-4-13-10-14(23)6-8-19(13,2)18(15)17(24)11-20(16,21)3/h13-16,18,23,25H,1,4-11H2,2-3H3/t13-,14?,15-,16-,18+,19-,20-,21-/m0/s1. The molecule has 4 saturated carbocycles. The maximum atomic E-state index is 13.3. The molecule has 0 heterocycles. The van der Waals surface area contributed by atoms with Crippen molar-refractivity contribution >= 4 is 11.6 Å². The summed E-state index contributed by atoms with van der Waals surface area (Å²) in [6.07, 6.45) is 5.85. The molecule has 2 N–H and O–H groups in total. The summed E-state index contributed by atoms with van der Waals surface area (Å²) in [5.41, 5.74) is -2.14. The first-order chi connectivity index (χ1) is 11.6. The van der Waals surface area contributed by atoms with Crippen LogP contribution in [-0.2, 0) is 9.59 Å². The average molecular weight is 347 g/mol. The highest BCUT2D eigenvalue weighted by molar-refractivity contribution is 5.94. The quantitative estimate of drug-likeness (QED) is 0.765. The maximum Gasteiger partial charge on any atom is 0.165 e. The van der Waals surface area contributed by atoms with Crippen molar-refractivity contribution in [3.05, 3.63) is 6.92 Å². The molecule has 0 aromatic rings. The van der Waals surface area contributed by atoms with Crippen molar-refractivity contribution in [3.8, 4) is 0 Å². The van der Waals surface area contributed by atoms with Crippen molar-refractivity contribution in [2.75, 3.05) is 0 Å². The Bertz CT molecular complexity index is 615. The number of hydrogen-bond donors (Lipinski definition) is 2. The topological polar surface area (TPSA) is 74.6 Å². The Balaban J connectivity index is 1.71. The molecule has 4 aliphatic rings. The Kier molecular flexibility index (Phi) is 3.81. The van der Waals surface area contributed by atoms with E-state index >= 15 is 0 Å². The van der Waals surface area contributed by atoms with Crippen molar-refractivity contribution in [3.63, 3.8) is 0 Å². The van der Waals surface area contributed by atoms with Gasteiger partial charge in [-0.2, -0.15) is 0 Å². The van der Waals surface area contributed by atoms with Crippen molar-refractivity contribution in [2.24, 2.45) is 34.5 Å². The smallest absolute Gasteiger partial charge is 0.165 e. The fourth-order valence-electron chi connectivity index (χ4n) is 7.51. The molecule has 0 amide bonds. The molecule has 139 valence electrons. The zero-order chi connectivity index (χ0) is 18.2. The summed E-state index contributed by atoms with van der Waals surface area (Å²) >= 11 is 0. The number of rotatable bonds is 1. The number of carbonyl (C=O) groups is 2. The lowest BCUT2D eigenvalue weighted by molar-refractivity contribution is -0.177. The van der Waals surface area contributed by atoms with Gasteiger partial charge in [-0.05, 0) is 68.1 Å². The summed E-state index contributed by atoms with van der Waals surface area (Å²) in [4.78, 5) is 25.4. The van der Waals surface area contributed by atoms with Crippen LogP contribution in [0.5, 0.6) is 0 Å². The summed E-state index contributed by atoms with van der Waals surface area (Å²) in [6.45, 7) is 7.72. The molecule has 25 heavy (non-hydrogen) atoms. The lowest BCUT2D eigenvalue weighted by Gasteiger charge is -2.60. The van der Waals surface area contributed by atoms with Crippen molar-refractivity contribution in [1.82, 2.24) is 0 Å². The van der Waals surface area contributed by atoms with Gasteiger partial charge in [-0.15, -0.1) is 0 Å². The van der Waals surface area contributed by atoms with E-state index < -0.39 is 16.8 Å². The van der Waals surface area contributed by atoms with Crippen LogP contribution in [0.4, 0.5) is 0 Å². The molecular weight excluding hydrogens is 316 g/mol. The monoisotopic (exact) mass is 347 g/mol. The third-order valence-electron chi connectivity index (χ3n) is 8.94. The second-order valence-corrected chi connectivity index (χ2v) is 9.84. The fraction of sp³-hybridized carbons (Fsp3) is 0.857. The lowest BCUT2D eigenvalue weighted by Crippen LogP contribution is -2.61. The second kappa shape index (κ2) is 5.39. The number of Topliss-reactive ketones (excluding diaryl/α,β-unsaturated/α-hetero) is 2. The van der Waals surface area contributed by atoms with Gasteiger partial charge in [-0.1, -0.05) is 13.8 Å². The van der Waals surface area contributed by atoms with Gasteiger partial charge in [0.1, 0.15) is 11.4 Å². The third-order valence-corrected chi connectivity index (χ3v) is 8.94. The fourth-order valence-corrected chi connectivity index (χ4v) is 7.51. The van der Waals surface area contributed by atoms with Crippen LogP contribution in [0.2, 0.25) is 0 Å². The second-order valence-electron chi connectivity index (χ2n) is 9.84. The minimum atomic E-state index is -1.45. The predicted molar refractivity (Wildman–Crippen MR) is 93.4 cm³/mol. The van der Waals surface area contributed by atoms with E-state index in [1.165, 1.54) is 0 Å². The molecule has 4 aliphatic carbocycles. The lowest BCUT2D eigenvalue weighted by atomic mass is 9.44. The third kappa shape index (κ3) is 2.13. The van der Waals surface area contributed by atoms with Gasteiger partial charge in [0.05, 0.1) is 6.10 Å². The van der Waals surface area contributed by atoms with E-state index in [4.69, 9.17) is 0 Å². The molecule has 0 bridgehead atoms. The number of ketones is 2. The van der Waals surface area contributed by atoms with Crippen LogP contribution >= 0.6 is 0 Å². The van der Waals surface area contributed by atoms with E-state index in [0.717, 1.165) is 38.5 Å². The molecule has 4 rings (SSSR count). The average Bonchev–Trinajstić information content (AvgIpc) is 2.80. The first kappa shape index (κ1) is 17.7. The number of carbonyl (C=O) groups excluding carboxylic acids is 2. The van der Waals surface area contributed by atoms with E-state index in [-0.39, 0.29) is 35.1 Å². The minimum absolute atomic E-state index is 0.0269. The SMILES string of the molecule is [CH2]C(=O)[C@@]1(O)CC[C@H]2[C@@H]3CC[C@H]4CC(O)CC[C@]4(C)[C@H]3C(=O)C[C@@]21C. The molecular formula is C21H31O4. The Hall–Kier alpha value is -0.740. The normalized spacial score (nSPS) is 55.2. The van der Waals surface area contributed by atoms with Gasteiger partial charge in [-0.3, -0.25) is 9.59 Å². The van der Waals surface area contributed by atoms with Gasteiger partial charge in [-0.25, -0.2) is 0 Å². The van der Waals surface area contributed by atoms with Gasteiger partial charge < -0.3 is 10.2 Å². The van der Waals surface area contributed by atoms with E-state index in [9.17, 15) is 19.8 Å². The molecule has 4 heteroatoms. The van der Waals surface area contributed by atoms with E-state index in [1.54, 1.807) is 0 Å². The Morgan fingerprint density at radius 3 is 2.56 bits per heavy atom. The molecule has 1 unspecified atom stereocenters. The van der Waals surface area contributed by atoms with E-state index in [1.807, 2.05) is 6.92 Å². The minimum Gasteiger partial charge on any atom is -0.393 e. The molecule has 8 atom stereocenters. The van der Waals surface area contributed by atoms with Crippen LogP contribution in [0.1, 0.15) is 65.2 Å². The highest BCUT2D eigenvalue weighted by Crippen LogP contribution is 2.67. The van der Waals surface area contributed by atoms with Gasteiger partial charge in [0.15, 0.2) is 5.78 Å². The summed E-state index contributed by atoms with van der Waals surface area (Å²) < 4.78 is 0. The van der Waals surface area contributed by atoms with Crippen LogP contribution in [0.15, 0.2) is 0 Å². The van der Waals surface area contributed by atoms with Crippen LogP contribution in [0.3, 0.4) is 0 Å². The van der Waals surface area contributed by atoms with Crippen LogP contribution in [0, 0.1) is 41.4 Å². The molecule has 0 aromatic heterocycles. The van der Waals surface area contributed by atoms with Crippen LogP contribution in [-0.4, -0.2) is 33.5 Å². The largest absolute Gasteiger partial charge is 0.393 e. The summed E-state index contributed by atoms with van der Waals surface area (Å²) in [6, 6.07) is 0. The van der Waals surface area contributed by atoms with Crippen molar-refractivity contribution < 1.29 is 19.8 Å². The predicted octanol–water partition coefficient (Wildman–Crippen LogP) is 2.70. The summed E-state index contributed by atoms with van der Waals surface area (Å²) in [5.74, 6) is 0.727. The number of fused-ring (bicyclic) bond motifs is 5. The highest BCUT2D eigenvalue weighted by atomic mass is 16.3. The molecule has 0 aliphatic heterocycles. The Labute approximate surface area is 150 Å². The zero-order valence-electron chi connectivity index (χ0n) is 15.5. The summed E-state index contributed by atoms with van der Waals surface area (Å²) in [7, 11) is 0. The highest BCUT2D eigenvalue weighted by Gasteiger charge is 2.68. The number of aliphatic hydroxyl groups excluding tert-OH is 1. The number of hydrogen-bond acceptors (Lipinski definition) is 4. The molecule has 4 nitrogen and oxygen atoms in total.